The zero-order valence-corrected chi connectivity index (χ0v) is 16.1. The molecule has 1 aliphatic heterocycles. The van der Waals surface area contributed by atoms with Gasteiger partial charge in [0.25, 0.3) is 5.91 Å². The molecule has 0 bridgehead atoms. The fraction of sp³-hybridized carbons (Fsp3) is 0.500. The van der Waals surface area contributed by atoms with E-state index in [2.05, 4.69) is 48.1 Å². The van der Waals surface area contributed by atoms with Crippen molar-refractivity contribution in [2.24, 2.45) is 0 Å². The maximum Gasteiger partial charge on any atom is 0.273 e. The second-order valence-corrected chi connectivity index (χ2v) is 8.09. The molecular formula is C20H25N3O2S. The lowest BCUT2D eigenvalue weighted by Gasteiger charge is -2.43. The number of piperidine rings is 1. The topological polar surface area (TPSA) is 56.7 Å². The number of likely N-dealkylation sites (tertiary alicyclic amines) is 1. The van der Waals surface area contributed by atoms with E-state index in [4.69, 9.17) is 0 Å². The van der Waals surface area contributed by atoms with Gasteiger partial charge in [-0.05, 0) is 37.6 Å². The molecule has 26 heavy (non-hydrogen) atoms. The van der Waals surface area contributed by atoms with E-state index in [1.165, 1.54) is 22.5 Å². The van der Waals surface area contributed by atoms with Crippen molar-refractivity contribution in [2.75, 3.05) is 26.7 Å². The summed E-state index contributed by atoms with van der Waals surface area (Å²) in [4.78, 5) is 20.9. The van der Waals surface area contributed by atoms with Gasteiger partial charge in [-0.25, -0.2) is 4.98 Å². The van der Waals surface area contributed by atoms with Gasteiger partial charge in [-0.2, -0.15) is 0 Å². The summed E-state index contributed by atoms with van der Waals surface area (Å²) in [5, 5.41) is 13.1. The van der Waals surface area contributed by atoms with Gasteiger partial charge in [-0.15, -0.1) is 11.3 Å². The Morgan fingerprint density at radius 3 is 2.77 bits per heavy atom. The Morgan fingerprint density at radius 2 is 2.12 bits per heavy atom. The van der Waals surface area contributed by atoms with Gasteiger partial charge in [0.2, 0.25) is 0 Å². The molecule has 2 aromatic rings. The first-order chi connectivity index (χ1) is 12.6. The van der Waals surface area contributed by atoms with E-state index in [0.717, 1.165) is 19.4 Å². The maximum atomic E-state index is 12.6. The quantitative estimate of drug-likeness (QED) is 0.901. The number of fused-ring (bicyclic) bond motifs is 2. The van der Waals surface area contributed by atoms with E-state index in [1.807, 2.05) is 4.90 Å². The van der Waals surface area contributed by atoms with E-state index in [-0.39, 0.29) is 17.4 Å². The summed E-state index contributed by atoms with van der Waals surface area (Å²) in [7, 11) is 2.07. The number of thiazole rings is 1. The molecule has 1 fully saturated rings. The summed E-state index contributed by atoms with van der Waals surface area (Å²) in [5.41, 5.74) is 4.47. The highest BCUT2D eigenvalue weighted by Crippen LogP contribution is 2.52. The lowest BCUT2D eigenvalue weighted by Crippen LogP contribution is -2.50. The normalized spacial score (nSPS) is 24.2. The lowest BCUT2D eigenvalue weighted by molar-refractivity contribution is -0.00600. The number of likely N-dealkylation sites (N-methyl/N-ethyl adjacent to an activating group) is 1. The lowest BCUT2D eigenvalue weighted by atomic mass is 9.72. The summed E-state index contributed by atoms with van der Waals surface area (Å²) >= 11 is 1.44. The predicted octanol–water partition coefficient (Wildman–Crippen LogP) is 2.68. The van der Waals surface area contributed by atoms with E-state index in [0.29, 0.717) is 18.8 Å². The third-order valence-electron chi connectivity index (χ3n) is 6.25. The highest BCUT2D eigenvalue weighted by molar-refractivity contribution is 7.07. The van der Waals surface area contributed by atoms with Crippen LogP contribution in [-0.2, 0) is 5.41 Å². The molecule has 0 saturated carbocycles. The Bertz CT molecular complexity index is 784. The first kappa shape index (κ1) is 17.6. The van der Waals surface area contributed by atoms with Crippen LogP contribution in [0.25, 0.3) is 0 Å². The minimum atomic E-state index is -0.443. The Morgan fingerprint density at radius 1 is 1.38 bits per heavy atom. The minimum absolute atomic E-state index is 0.00379. The molecule has 1 spiro atoms. The van der Waals surface area contributed by atoms with Crippen LogP contribution >= 0.6 is 11.3 Å². The van der Waals surface area contributed by atoms with Gasteiger partial charge in [0.05, 0.1) is 17.7 Å². The summed E-state index contributed by atoms with van der Waals surface area (Å²) in [6.45, 7) is 4.32. The molecule has 2 aliphatic rings. The van der Waals surface area contributed by atoms with Gasteiger partial charge in [0.15, 0.2) is 0 Å². The van der Waals surface area contributed by atoms with Crippen molar-refractivity contribution < 1.29 is 9.90 Å². The van der Waals surface area contributed by atoms with E-state index < -0.39 is 6.10 Å². The van der Waals surface area contributed by atoms with Crippen molar-refractivity contribution in [1.29, 1.82) is 0 Å². The van der Waals surface area contributed by atoms with Crippen molar-refractivity contribution in [1.82, 2.24) is 14.8 Å². The second-order valence-electron chi connectivity index (χ2n) is 7.37. The summed E-state index contributed by atoms with van der Waals surface area (Å²) < 4.78 is 0. The van der Waals surface area contributed by atoms with Crippen LogP contribution in [0.4, 0.5) is 0 Å². The van der Waals surface area contributed by atoms with E-state index in [1.54, 1.807) is 10.9 Å². The summed E-state index contributed by atoms with van der Waals surface area (Å²) in [5.74, 6) is 0.00379. The van der Waals surface area contributed by atoms with Crippen LogP contribution in [0.15, 0.2) is 35.2 Å². The molecule has 1 amide bonds. The largest absolute Gasteiger partial charge is 0.390 e. The van der Waals surface area contributed by atoms with Gasteiger partial charge in [0, 0.05) is 23.9 Å². The van der Waals surface area contributed by atoms with Crippen molar-refractivity contribution >= 4 is 17.2 Å². The molecule has 4 rings (SSSR count). The third kappa shape index (κ3) is 2.59. The number of hydrogen-bond donors (Lipinski definition) is 1. The number of benzene rings is 1. The molecule has 6 heteroatoms. The molecule has 2 heterocycles. The molecule has 2 atom stereocenters. The average molecular weight is 372 g/mol. The van der Waals surface area contributed by atoms with Gasteiger partial charge in [0.1, 0.15) is 5.69 Å². The SMILES string of the molecule is CCN(C)[C@@H]1c2ccccc2C2(CCN(C(=O)c3cscn3)CC2)[C@H]1O. The van der Waals surface area contributed by atoms with Crippen LogP contribution in [0.1, 0.15) is 47.4 Å². The van der Waals surface area contributed by atoms with Gasteiger partial charge in [-0.3, -0.25) is 9.69 Å². The van der Waals surface area contributed by atoms with Gasteiger partial charge >= 0.3 is 0 Å². The highest BCUT2D eigenvalue weighted by Gasteiger charge is 2.53. The molecule has 0 unspecified atom stereocenters. The maximum absolute atomic E-state index is 12.6. The van der Waals surface area contributed by atoms with Crippen LogP contribution in [0, 0.1) is 0 Å². The minimum Gasteiger partial charge on any atom is -0.390 e. The molecule has 0 radical (unpaired) electrons. The number of carbonyl (C=O) groups is 1. The second kappa shape index (κ2) is 6.76. The molecule has 1 saturated heterocycles. The summed E-state index contributed by atoms with van der Waals surface area (Å²) in [6.07, 6.45) is 1.13. The standard InChI is InChI=1S/C20H25N3O2S/c1-3-22(2)17-14-6-4-5-7-15(14)20(18(17)24)8-10-23(11-9-20)19(25)16-12-26-13-21-16/h4-7,12-13,17-18,24H,3,8-11H2,1-2H3/t17-,18+/m1/s1. The van der Waals surface area contributed by atoms with Crippen LogP contribution in [0.5, 0.6) is 0 Å². The number of hydrogen-bond acceptors (Lipinski definition) is 5. The third-order valence-corrected chi connectivity index (χ3v) is 6.84. The first-order valence-corrected chi connectivity index (χ1v) is 10.2. The first-order valence-electron chi connectivity index (χ1n) is 9.23. The fourth-order valence-electron chi connectivity index (χ4n) is 4.67. The van der Waals surface area contributed by atoms with Crippen molar-refractivity contribution in [3.05, 3.63) is 52.0 Å². The molecule has 138 valence electrons. The molecule has 1 N–H and O–H groups in total. The van der Waals surface area contributed by atoms with Crippen molar-refractivity contribution in [2.45, 2.75) is 37.3 Å². The van der Waals surface area contributed by atoms with Crippen LogP contribution < -0.4 is 0 Å². The Kier molecular flexibility index (Phi) is 4.59. The molecular weight excluding hydrogens is 346 g/mol. The van der Waals surface area contributed by atoms with E-state index in [9.17, 15) is 9.90 Å². The number of aliphatic hydroxyl groups is 1. The van der Waals surface area contributed by atoms with Gasteiger partial charge < -0.3 is 10.0 Å². The number of aliphatic hydroxyl groups excluding tert-OH is 1. The number of nitrogens with zero attached hydrogens (tertiary/aromatic N) is 3. The van der Waals surface area contributed by atoms with Crippen LogP contribution in [0.3, 0.4) is 0 Å². The molecule has 1 aromatic heterocycles. The zero-order chi connectivity index (χ0) is 18.3. The highest BCUT2D eigenvalue weighted by atomic mass is 32.1. The predicted molar refractivity (Wildman–Crippen MR) is 102 cm³/mol. The molecule has 1 aromatic carbocycles. The summed E-state index contributed by atoms with van der Waals surface area (Å²) in [6, 6.07) is 8.46. The average Bonchev–Trinajstić information content (AvgIpc) is 3.29. The molecule has 5 nitrogen and oxygen atoms in total. The smallest absolute Gasteiger partial charge is 0.273 e. The molecule has 1 aliphatic carbocycles. The number of carbonyl (C=O) groups excluding carboxylic acids is 1. The van der Waals surface area contributed by atoms with Crippen molar-refractivity contribution in [3.8, 4) is 0 Å². The van der Waals surface area contributed by atoms with Crippen LogP contribution in [0.2, 0.25) is 0 Å². The van der Waals surface area contributed by atoms with E-state index >= 15 is 0 Å². The number of amides is 1. The van der Waals surface area contributed by atoms with Gasteiger partial charge in [-0.1, -0.05) is 31.2 Å². The van der Waals surface area contributed by atoms with Crippen LogP contribution in [-0.4, -0.2) is 58.6 Å². The van der Waals surface area contributed by atoms with Crippen molar-refractivity contribution in [3.63, 3.8) is 0 Å². The monoisotopic (exact) mass is 371 g/mol. The Labute approximate surface area is 158 Å². The number of rotatable bonds is 3. The fourth-order valence-corrected chi connectivity index (χ4v) is 5.20. The Balaban J connectivity index is 1.61. The Hall–Kier alpha value is -1.76. The number of aromatic nitrogens is 1. The zero-order valence-electron chi connectivity index (χ0n) is 15.3.